The van der Waals surface area contributed by atoms with Crippen molar-refractivity contribution < 1.29 is 9.53 Å². The Morgan fingerprint density at radius 2 is 2.03 bits per heavy atom. The number of carbonyl (C=O) groups excluding carboxylic acids is 1. The summed E-state index contributed by atoms with van der Waals surface area (Å²) < 4.78 is 6.96. The first-order valence-corrected chi connectivity index (χ1v) is 12.0. The predicted octanol–water partition coefficient (Wildman–Crippen LogP) is 5.39. The molecule has 1 amide bonds. The molecule has 29 heavy (non-hydrogen) atoms. The van der Waals surface area contributed by atoms with E-state index in [9.17, 15) is 4.79 Å². The largest absolute Gasteiger partial charge is 0.376 e. The Kier molecular flexibility index (Phi) is 6.23. The summed E-state index contributed by atoms with van der Waals surface area (Å²) in [5.74, 6) is 0.0748. The summed E-state index contributed by atoms with van der Waals surface area (Å²) in [4.78, 5) is 21.2. The molecule has 4 nitrogen and oxygen atoms in total. The van der Waals surface area contributed by atoms with Crippen LogP contribution in [0.2, 0.25) is 0 Å². The topological polar surface area (TPSA) is 42.4 Å². The highest BCUT2D eigenvalue weighted by molar-refractivity contribution is 7.98. The molecule has 0 radical (unpaired) electrons. The lowest BCUT2D eigenvalue weighted by molar-refractivity contribution is -0.118. The fourth-order valence-corrected chi connectivity index (χ4v) is 5.08. The first-order valence-electron chi connectivity index (χ1n) is 9.97. The first-order chi connectivity index (χ1) is 14.0. The standard InChI is InChI=1S/C23H26N2O2S2/c1-15-6-11-20-22(16(15)2)24-23(29-20)25(14-18-5-4-12-27-18)21(26)13-17-7-9-19(28-3)10-8-17/h6-11,18H,4-5,12-14H2,1-3H3. The Balaban J connectivity index is 1.63. The number of hydrogen-bond donors (Lipinski definition) is 0. The van der Waals surface area contributed by atoms with Gasteiger partial charge in [0.15, 0.2) is 5.13 Å². The average molecular weight is 427 g/mol. The van der Waals surface area contributed by atoms with Gasteiger partial charge in [0.2, 0.25) is 5.91 Å². The number of benzene rings is 2. The zero-order chi connectivity index (χ0) is 20.4. The Morgan fingerprint density at radius 1 is 1.24 bits per heavy atom. The number of ether oxygens (including phenoxy) is 1. The van der Waals surface area contributed by atoms with Crippen LogP contribution in [0.15, 0.2) is 41.3 Å². The van der Waals surface area contributed by atoms with Gasteiger partial charge in [-0.2, -0.15) is 0 Å². The normalized spacial score (nSPS) is 16.4. The Hall–Kier alpha value is -1.89. The molecule has 1 aliphatic rings. The van der Waals surface area contributed by atoms with Gasteiger partial charge in [0.05, 0.1) is 29.3 Å². The van der Waals surface area contributed by atoms with E-state index in [0.717, 1.165) is 40.4 Å². The highest BCUT2D eigenvalue weighted by Crippen LogP contribution is 2.33. The quantitative estimate of drug-likeness (QED) is 0.496. The predicted molar refractivity (Wildman–Crippen MR) is 122 cm³/mol. The molecule has 0 spiro atoms. The second-order valence-corrected chi connectivity index (χ2v) is 9.40. The number of nitrogens with zero attached hydrogens (tertiary/aromatic N) is 2. The zero-order valence-corrected chi connectivity index (χ0v) is 18.7. The van der Waals surface area contributed by atoms with Crippen molar-refractivity contribution in [1.29, 1.82) is 0 Å². The maximum Gasteiger partial charge on any atom is 0.233 e. The monoisotopic (exact) mass is 426 g/mol. The average Bonchev–Trinajstić information content (AvgIpc) is 3.39. The zero-order valence-electron chi connectivity index (χ0n) is 17.1. The number of aryl methyl sites for hydroxylation is 2. The molecular weight excluding hydrogens is 400 g/mol. The maximum atomic E-state index is 13.3. The van der Waals surface area contributed by atoms with Gasteiger partial charge >= 0.3 is 0 Å². The molecule has 2 aromatic carbocycles. The van der Waals surface area contributed by atoms with Gasteiger partial charge in [0, 0.05) is 11.5 Å². The maximum absolute atomic E-state index is 13.3. The molecule has 152 valence electrons. The fraction of sp³-hybridized carbons (Fsp3) is 0.391. The van der Waals surface area contributed by atoms with Crippen LogP contribution in [-0.4, -0.2) is 36.4 Å². The summed E-state index contributed by atoms with van der Waals surface area (Å²) in [7, 11) is 0. The number of fused-ring (bicyclic) bond motifs is 1. The van der Waals surface area contributed by atoms with Gasteiger partial charge in [-0.15, -0.1) is 11.8 Å². The van der Waals surface area contributed by atoms with Crippen molar-refractivity contribution in [3.63, 3.8) is 0 Å². The lowest BCUT2D eigenvalue weighted by atomic mass is 10.1. The molecule has 1 unspecified atom stereocenters. The van der Waals surface area contributed by atoms with Crippen LogP contribution in [0.1, 0.15) is 29.5 Å². The number of rotatable bonds is 6. The van der Waals surface area contributed by atoms with E-state index in [0.29, 0.717) is 13.0 Å². The van der Waals surface area contributed by atoms with Gasteiger partial charge in [0.1, 0.15) is 0 Å². The number of carbonyl (C=O) groups is 1. The van der Waals surface area contributed by atoms with E-state index in [4.69, 9.17) is 9.72 Å². The molecule has 0 N–H and O–H groups in total. The molecule has 0 bridgehead atoms. The summed E-state index contributed by atoms with van der Waals surface area (Å²) in [6.45, 7) is 5.54. The molecule has 4 rings (SSSR count). The molecule has 6 heteroatoms. The third-order valence-corrected chi connectivity index (χ3v) is 7.32. The summed E-state index contributed by atoms with van der Waals surface area (Å²) in [6, 6.07) is 12.5. The molecular formula is C23H26N2O2S2. The smallest absolute Gasteiger partial charge is 0.233 e. The van der Waals surface area contributed by atoms with Crippen LogP contribution in [0.25, 0.3) is 10.2 Å². The lowest BCUT2D eigenvalue weighted by Crippen LogP contribution is -2.38. The highest BCUT2D eigenvalue weighted by Gasteiger charge is 2.26. The number of anilines is 1. The Bertz CT molecular complexity index is 1010. The molecule has 2 heterocycles. The van der Waals surface area contributed by atoms with Crippen LogP contribution in [0.4, 0.5) is 5.13 Å². The summed E-state index contributed by atoms with van der Waals surface area (Å²) in [5.41, 5.74) is 4.43. The summed E-state index contributed by atoms with van der Waals surface area (Å²) in [6.07, 6.45) is 4.57. The number of thiazole rings is 1. The van der Waals surface area contributed by atoms with E-state index in [-0.39, 0.29) is 12.0 Å². The van der Waals surface area contributed by atoms with Gasteiger partial charge < -0.3 is 4.74 Å². The number of aromatic nitrogens is 1. The third kappa shape index (κ3) is 4.49. The van der Waals surface area contributed by atoms with Crippen LogP contribution >= 0.6 is 23.1 Å². The van der Waals surface area contributed by atoms with Crippen molar-refractivity contribution in [2.75, 3.05) is 24.3 Å². The van der Waals surface area contributed by atoms with Crippen molar-refractivity contribution in [2.24, 2.45) is 0 Å². The van der Waals surface area contributed by atoms with Gasteiger partial charge in [-0.1, -0.05) is 29.5 Å². The van der Waals surface area contributed by atoms with Gasteiger partial charge in [-0.3, -0.25) is 9.69 Å². The second-order valence-electron chi connectivity index (χ2n) is 7.51. The van der Waals surface area contributed by atoms with Crippen molar-refractivity contribution >= 4 is 44.4 Å². The minimum absolute atomic E-state index is 0.0748. The molecule has 1 saturated heterocycles. The van der Waals surface area contributed by atoms with Crippen molar-refractivity contribution in [3.05, 3.63) is 53.1 Å². The summed E-state index contributed by atoms with van der Waals surface area (Å²) in [5, 5.41) is 0.773. The van der Waals surface area contributed by atoms with Crippen LogP contribution in [0.5, 0.6) is 0 Å². The van der Waals surface area contributed by atoms with Crippen molar-refractivity contribution in [2.45, 2.75) is 44.1 Å². The first kappa shape index (κ1) is 20.4. The molecule has 1 aromatic heterocycles. The minimum Gasteiger partial charge on any atom is -0.376 e. The van der Waals surface area contributed by atoms with Gasteiger partial charge in [0.25, 0.3) is 0 Å². The third-order valence-electron chi connectivity index (χ3n) is 5.53. The number of thioether (sulfide) groups is 1. The number of amides is 1. The van der Waals surface area contributed by atoms with Crippen LogP contribution < -0.4 is 4.90 Å². The summed E-state index contributed by atoms with van der Waals surface area (Å²) >= 11 is 3.30. The Morgan fingerprint density at radius 3 is 2.72 bits per heavy atom. The van der Waals surface area contributed by atoms with Crippen LogP contribution in [-0.2, 0) is 16.0 Å². The van der Waals surface area contributed by atoms with Crippen LogP contribution in [0, 0.1) is 13.8 Å². The number of hydrogen-bond acceptors (Lipinski definition) is 5. The van der Waals surface area contributed by atoms with E-state index in [1.165, 1.54) is 16.0 Å². The molecule has 1 atom stereocenters. The van der Waals surface area contributed by atoms with E-state index in [1.54, 1.807) is 23.1 Å². The second kappa shape index (κ2) is 8.86. The highest BCUT2D eigenvalue weighted by atomic mass is 32.2. The van der Waals surface area contributed by atoms with Gasteiger partial charge in [-0.25, -0.2) is 4.98 Å². The van der Waals surface area contributed by atoms with Crippen molar-refractivity contribution in [1.82, 2.24) is 4.98 Å². The van der Waals surface area contributed by atoms with E-state index < -0.39 is 0 Å². The Labute approximate surface area is 180 Å². The van der Waals surface area contributed by atoms with Crippen LogP contribution in [0.3, 0.4) is 0 Å². The van der Waals surface area contributed by atoms with E-state index in [2.05, 4.69) is 44.4 Å². The van der Waals surface area contributed by atoms with E-state index in [1.807, 2.05) is 17.0 Å². The van der Waals surface area contributed by atoms with Gasteiger partial charge in [-0.05, 0) is 67.8 Å². The molecule has 1 aliphatic heterocycles. The minimum atomic E-state index is 0.0748. The lowest BCUT2D eigenvalue weighted by Gasteiger charge is -2.23. The van der Waals surface area contributed by atoms with E-state index >= 15 is 0 Å². The fourth-order valence-electron chi connectivity index (χ4n) is 3.62. The molecule has 0 saturated carbocycles. The van der Waals surface area contributed by atoms with Crippen molar-refractivity contribution in [3.8, 4) is 0 Å². The SMILES string of the molecule is CSc1ccc(CC(=O)N(CC2CCCO2)c2nc3c(C)c(C)ccc3s2)cc1. The molecule has 3 aromatic rings. The molecule has 1 fully saturated rings. The molecule has 0 aliphatic carbocycles.